The van der Waals surface area contributed by atoms with E-state index in [1.807, 2.05) is 37.8 Å². The average molecular weight is 880 g/mol. The molecule has 0 radical (unpaired) electrons. The van der Waals surface area contributed by atoms with E-state index in [-0.39, 0.29) is 6.09 Å². The molecule has 3 amide bonds. The lowest BCUT2D eigenvalue weighted by atomic mass is 9.92. The number of halogens is 2. The molecular weight excluding hydrogens is 844 g/mol. The summed E-state index contributed by atoms with van der Waals surface area (Å²) in [7, 11) is 0. The number of H-pyrrole nitrogens is 1. The Balaban J connectivity index is 0.000000198. The molecule has 4 aromatic heterocycles. The molecule has 0 saturated carbocycles. The zero-order valence-electron chi connectivity index (χ0n) is 26.7. The number of hydrogen-bond donors (Lipinski definition) is 3. The second-order valence-corrected chi connectivity index (χ2v) is 14.9. The number of fused-ring (bicyclic) bond motifs is 6. The van der Waals surface area contributed by atoms with Crippen LogP contribution in [0, 0.1) is 13.6 Å². The summed E-state index contributed by atoms with van der Waals surface area (Å²) in [6.45, 7) is 7.55. The van der Waals surface area contributed by atoms with Crippen LogP contribution in [0.1, 0.15) is 76.8 Å². The number of nitrogens with one attached hydrogen (secondary N) is 1. The van der Waals surface area contributed by atoms with Crippen molar-refractivity contribution in [3.05, 3.63) is 53.7 Å². The van der Waals surface area contributed by atoms with Gasteiger partial charge in [0, 0.05) is 88.3 Å². The van der Waals surface area contributed by atoms with Crippen LogP contribution in [-0.4, -0.2) is 81.4 Å². The van der Waals surface area contributed by atoms with Gasteiger partial charge in [-0.15, -0.1) is 0 Å². The maximum atomic E-state index is 12.3. The van der Waals surface area contributed by atoms with Crippen molar-refractivity contribution in [1.82, 2.24) is 44.8 Å². The van der Waals surface area contributed by atoms with E-state index in [2.05, 4.69) is 80.4 Å². The number of aryl methyl sites for hydroxylation is 2. The first-order valence-electron chi connectivity index (χ1n) is 15.6. The Labute approximate surface area is 303 Å². The Morgan fingerprint density at radius 3 is 2.10 bits per heavy atom. The van der Waals surface area contributed by atoms with E-state index in [4.69, 9.17) is 16.2 Å². The van der Waals surface area contributed by atoms with Gasteiger partial charge in [-0.2, -0.15) is 10.2 Å². The van der Waals surface area contributed by atoms with Gasteiger partial charge in [-0.3, -0.25) is 19.4 Å². The van der Waals surface area contributed by atoms with Gasteiger partial charge in [0.2, 0.25) is 0 Å². The highest BCUT2D eigenvalue weighted by Gasteiger charge is 2.32. The summed E-state index contributed by atoms with van der Waals surface area (Å²) < 4.78 is 8.70. The molecule has 0 bridgehead atoms. The monoisotopic (exact) mass is 879 g/mol. The van der Waals surface area contributed by atoms with Crippen molar-refractivity contribution < 1.29 is 19.1 Å². The topological polar surface area (TPSA) is 214 Å². The molecule has 0 spiro atoms. The molecule has 4 aromatic rings. The number of hydrogen-bond acceptors (Lipinski definition) is 10. The number of nitrogens with two attached hydrogens (primary N) is 2. The van der Waals surface area contributed by atoms with Crippen molar-refractivity contribution in [2.75, 3.05) is 13.1 Å². The highest BCUT2D eigenvalue weighted by molar-refractivity contribution is 14.1. The third-order valence-corrected chi connectivity index (χ3v) is 9.54. The molecule has 3 aliphatic rings. The minimum Gasteiger partial charge on any atom is -0.444 e. The average Bonchev–Trinajstić information content (AvgIpc) is 3.64. The van der Waals surface area contributed by atoms with E-state index in [0.717, 1.165) is 77.1 Å². The number of ether oxygens (including phenoxy) is 1. The van der Waals surface area contributed by atoms with E-state index in [0.29, 0.717) is 51.0 Å². The van der Waals surface area contributed by atoms with Gasteiger partial charge in [0.05, 0.1) is 17.1 Å². The molecule has 1 fully saturated rings. The van der Waals surface area contributed by atoms with Crippen molar-refractivity contribution in [2.45, 2.75) is 71.4 Å². The number of aromatic nitrogens is 8. The van der Waals surface area contributed by atoms with Gasteiger partial charge in [-0.1, -0.05) is 0 Å². The Bertz CT molecular complexity index is 1910. The van der Waals surface area contributed by atoms with Gasteiger partial charge < -0.3 is 21.1 Å². The van der Waals surface area contributed by atoms with Crippen molar-refractivity contribution >= 4 is 63.1 Å². The lowest BCUT2D eigenvalue weighted by Crippen LogP contribution is -2.42. The molecule has 5 heterocycles. The maximum absolute atomic E-state index is 12.3. The summed E-state index contributed by atoms with van der Waals surface area (Å²) >= 11 is 4.15. The second-order valence-electron chi connectivity index (χ2n) is 12.9. The molecule has 0 aromatic carbocycles. The van der Waals surface area contributed by atoms with Crippen molar-refractivity contribution in [1.29, 1.82) is 0 Å². The standard InChI is InChI=1S/C21H27IN6O3.C10H8IN5O/c1-21(2,3)31-20(30)27-8-6-12(7-9-27)11-28-17-14(16(26-28)18(23)29)5-4-13-10-24-19(22)25-15(13)17;11-10-13-3-4-1-2-5-7(6(4)14-10)15-16-8(5)9(12)17/h10,12H,4-9,11H2,1-3H3,(H2,23,29);3H,1-2H2,(H2,12,17)(H,15,16). The van der Waals surface area contributed by atoms with Gasteiger partial charge in [-0.05, 0) is 76.3 Å². The van der Waals surface area contributed by atoms with Gasteiger partial charge >= 0.3 is 6.09 Å². The number of amides is 3. The SMILES string of the molecule is CC(C)(C)OC(=O)N1CCC(Cn2nc(C(N)=O)c3c2-c2nc(I)ncc2CC3)CC1.NC(=O)c1[nH]nc2c1CCc1cnc(I)nc1-2. The van der Waals surface area contributed by atoms with E-state index in [1.54, 1.807) is 4.90 Å². The van der Waals surface area contributed by atoms with Crippen molar-refractivity contribution in [2.24, 2.45) is 17.4 Å². The zero-order chi connectivity index (χ0) is 34.3. The van der Waals surface area contributed by atoms with Crippen LogP contribution in [0.25, 0.3) is 22.8 Å². The predicted molar refractivity (Wildman–Crippen MR) is 191 cm³/mol. The number of carbonyl (C=O) groups excluding carboxylic acids is 3. The third-order valence-electron chi connectivity index (χ3n) is 8.50. The molecule has 2 aliphatic carbocycles. The molecule has 252 valence electrons. The van der Waals surface area contributed by atoms with Gasteiger partial charge in [0.1, 0.15) is 17.0 Å². The van der Waals surface area contributed by atoms with E-state index in [1.165, 1.54) is 0 Å². The highest BCUT2D eigenvalue weighted by atomic mass is 127. The van der Waals surface area contributed by atoms with Crippen LogP contribution in [0.15, 0.2) is 12.4 Å². The van der Waals surface area contributed by atoms with Crippen molar-refractivity contribution in [3.8, 4) is 22.8 Å². The van der Waals surface area contributed by atoms with Gasteiger partial charge in [0.15, 0.2) is 13.4 Å². The minimum absolute atomic E-state index is 0.265. The number of carbonyl (C=O) groups is 3. The summed E-state index contributed by atoms with van der Waals surface area (Å²) in [6, 6.07) is 0. The molecule has 7 rings (SSSR count). The second kappa shape index (κ2) is 13.6. The Kier molecular flexibility index (Phi) is 9.69. The normalized spacial score (nSPS) is 15.3. The first-order chi connectivity index (χ1) is 22.8. The van der Waals surface area contributed by atoms with E-state index >= 15 is 0 Å². The summed E-state index contributed by atoms with van der Waals surface area (Å²) in [5.41, 5.74) is 18.2. The molecule has 48 heavy (non-hydrogen) atoms. The molecule has 1 aliphatic heterocycles. The fraction of sp³-hybridized carbons (Fsp3) is 0.452. The predicted octanol–water partition coefficient (Wildman–Crippen LogP) is 3.46. The van der Waals surface area contributed by atoms with Gasteiger partial charge in [0.25, 0.3) is 11.8 Å². The number of likely N-dealkylation sites (tertiary alicyclic amines) is 1. The van der Waals surface area contributed by atoms with Crippen LogP contribution < -0.4 is 11.5 Å². The number of primary amides is 2. The highest BCUT2D eigenvalue weighted by Crippen LogP contribution is 2.35. The lowest BCUT2D eigenvalue weighted by Gasteiger charge is -2.33. The maximum Gasteiger partial charge on any atom is 0.410 e. The van der Waals surface area contributed by atoms with Crippen LogP contribution in [0.2, 0.25) is 0 Å². The summed E-state index contributed by atoms with van der Waals surface area (Å²) in [5, 5.41) is 11.4. The summed E-state index contributed by atoms with van der Waals surface area (Å²) in [5.74, 6) is -0.664. The fourth-order valence-corrected chi connectivity index (χ4v) is 7.04. The molecule has 0 atom stereocenters. The van der Waals surface area contributed by atoms with Crippen LogP contribution in [0.4, 0.5) is 4.79 Å². The molecule has 1 saturated heterocycles. The first-order valence-corrected chi connectivity index (χ1v) is 17.7. The van der Waals surface area contributed by atoms with Crippen molar-refractivity contribution in [3.63, 3.8) is 0 Å². The Morgan fingerprint density at radius 2 is 1.50 bits per heavy atom. The third kappa shape index (κ3) is 7.15. The number of nitrogens with zero attached hydrogens (tertiary/aromatic N) is 8. The number of piperidine rings is 1. The largest absolute Gasteiger partial charge is 0.444 e. The van der Waals surface area contributed by atoms with Crippen LogP contribution in [-0.2, 0) is 37.0 Å². The van der Waals surface area contributed by atoms with E-state index < -0.39 is 17.4 Å². The number of aromatic amines is 1. The number of rotatable bonds is 4. The van der Waals surface area contributed by atoms with Crippen LogP contribution in [0.5, 0.6) is 0 Å². The smallest absolute Gasteiger partial charge is 0.410 e. The Morgan fingerprint density at radius 1 is 0.896 bits per heavy atom. The molecule has 17 heteroatoms. The van der Waals surface area contributed by atoms with Crippen LogP contribution in [0.3, 0.4) is 0 Å². The molecule has 15 nitrogen and oxygen atoms in total. The first kappa shape index (κ1) is 34.1. The fourth-order valence-electron chi connectivity index (χ4n) is 6.27. The minimum atomic E-state index is -0.512. The Hall–Kier alpha value is -3.75. The van der Waals surface area contributed by atoms with E-state index in [9.17, 15) is 14.4 Å². The molecular formula is C31H35I2N11O4. The quantitative estimate of drug-likeness (QED) is 0.201. The van der Waals surface area contributed by atoms with Crippen LogP contribution >= 0.6 is 45.2 Å². The zero-order valence-corrected chi connectivity index (χ0v) is 31.0. The molecule has 5 N–H and O–H groups in total. The summed E-state index contributed by atoms with van der Waals surface area (Å²) in [4.78, 5) is 54.8. The lowest BCUT2D eigenvalue weighted by molar-refractivity contribution is 0.0177. The summed E-state index contributed by atoms with van der Waals surface area (Å²) in [6.07, 6.45) is 8.08. The van der Waals surface area contributed by atoms with Gasteiger partial charge in [-0.25, -0.2) is 24.7 Å². The molecule has 0 unspecified atom stereocenters.